The lowest BCUT2D eigenvalue weighted by Gasteiger charge is -2.35. The predicted octanol–water partition coefficient (Wildman–Crippen LogP) is 0.00540. The molecule has 1 fully saturated rings. The van der Waals surface area contributed by atoms with Gasteiger partial charge in [0.25, 0.3) is 0 Å². The molecule has 2 rings (SSSR count). The summed E-state index contributed by atoms with van der Waals surface area (Å²) in [5.74, 6) is 1.40. The zero-order chi connectivity index (χ0) is 15.2. The lowest BCUT2D eigenvalue weighted by atomic mass is 10.1. The van der Waals surface area contributed by atoms with Crippen LogP contribution >= 0.6 is 0 Å². The first kappa shape index (κ1) is 15.6. The monoisotopic (exact) mass is 293 g/mol. The van der Waals surface area contributed by atoms with Crippen molar-refractivity contribution in [3.05, 3.63) is 23.8 Å². The van der Waals surface area contributed by atoms with Crippen molar-refractivity contribution in [2.75, 3.05) is 40.4 Å². The van der Waals surface area contributed by atoms with Crippen molar-refractivity contribution in [3.8, 4) is 11.5 Å². The first-order valence-corrected chi connectivity index (χ1v) is 7.10. The Kier molecular flexibility index (Phi) is 5.41. The highest BCUT2D eigenvalue weighted by Crippen LogP contribution is 2.27. The normalized spacial score (nSPS) is 18.4. The molecule has 1 aliphatic heterocycles. The maximum absolute atomic E-state index is 12.5. The zero-order valence-electron chi connectivity index (χ0n) is 12.6. The summed E-state index contributed by atoms with van der Waals surface area (Å²) in [6.45, 7) is 2.75. The second kappa shape index (κ2) is 7.28. The fraction of sp³-hybridized carbons (Fsp3) is 0.533. The van der Waals surface area contributed by atoms with Crippen LogP contribution < -0.4 is 20.5 Å². The number of nitrogens with one attached hydrogen (secondary N) is 1. The number of hydrogen-bond acceptors (Lipinski definition) is 5. The van der Waals surface area contributed by atoms with Crippen LogP contribution in [0.1, 0.15) is 5.56 Å². The standard InChI is InChI=1S/C15H23N3O3/c1-20-13-4-3-11(7-14(13)21-2)8-15(19)18-6-5-17-10-12(18)9-16/h3-4,7,12,17H,5-6,8-10,16H2,1-2H3. The van der Waals surface area contributed by atoms with Gasteiger partial charge in [-0.1, -0.05) is 6.07 Å². The summed E-state index contributed by atoms with van der Waals surface area (Å²) in [5, 5.41) is 3.26. The molecule has 1 aromatic carbocycles. The molecule has 21 heavy (non-hydrogen) atoms. The SMILES string of the molecule is COc1ccc(CC(=O)N2CCNCC2CN)cc1OC. The van der Waals surface area contributed by atoms with Crippen molar-refractivity contribution in [3.63, 3.8) is 0 Å². The molecule has 6 nitrogen and oxygen atoms in total. The van der Waals surface area contributed by atoms with Gasteiger partial charge in [0, 0.05) is 26.2 Å². The highest BCUT2D eigenvalue weighted by atomic mass is 16.5. The Balaban J connectivity index is 2.08. The van der Waals surface area contributed by atoms with E-state index in [1.807, 2.05) is 23.1 Å². The molecule has 0 aliphatic carbocycles. The van der Waals surface area contributed by atoms with Crippen molar-refractivity contribution in [2.24, 2.45) is 5.73 Å². The van der Waals surface area contributed by atoms with E-state index < -0.39 is 0 Å². The number of methoxy groups -OCH3 is 2. The fourth-order valence-electron chi connectivity index (χ4n) is 2.57. The largest absolute Gasteiger partial charge is 0.493 e. The van der Waals surface area contributed by atoms with E-state index in [1.54, 1.807) is 14.2 Å². The Morgan fingerprint density at radius 2 is 2.14 bits per heavy atom. The molecule has 1 amide bonds. The number of rotatable bonds is 5. The summed E-state index contributed by atoms with van der Waals surface area (Å²) in [6, 6.07) is 5.63. The highest BCUT2D eigenvalue weighted by Gasteiger charge is 2.25. The fourth-order valence-corrected chi connectivity index (χ4v) is 2.57. The first-order chi connectivity index (χ1) is 10.2. The maximum atomic E-state index is 12.5. The summed E-state index contributed by atoms with van der Waals surface area (Å²) in [4.78, 5) is 14.3. The number of carbonyl (C=O) groups is 1. The third kappa shape index (κ3) is 3.65. The minimum Gasteiger partial charge on any atom is -0.493 e. The number of amides is 1. The van der Waals surface area contributed by atoms with E-state index >= 15 is 0 Å². The van der Waals surface area contributed by atoms with Crippen molar-refractivity contribution in [1.82, 2.24) is 10.2 Å². The lowest BCUT2D eigenvalue weighted by Crippen LogP contribution is -2.56. The van der Waals surface area contributed by atoms with Crippen LogP contribution in [0.2, 0.25) is 0 Å². The topological polar surface area (TPSA) is 76.8 Å². The number of piperazine rings is 1. The summed E-state index contributed by atoms with van der Waals surface area (Å²) in [6.07, 6.45) is 0.344. The molecule has 6 heteroatoms. The summed E-state index contributed by atoms with van der Waals surface area (Å²) in [5.41, 5.74) is 6.65. The van der Waals surface area contributed by atoms with Gasteiger partial charge in [0.15, 0.2) is 11.5 Å². The van der Waals surface area contributed by atoms with E-state index in [1.165, 1.54) is 0 Å². The molecule has 0 saturated carbocycles. The van der Waals surface area contributed by atoms with Crippen LogP contribution in [-0.4, -0.2) is 57.2 Å². The summed E-state index contributed by atoms with van der Waals surface area (Å²) >= 11 is 0. The molecular formula is C15H23N3O3. The van der Waals surface area contributed by atoms with Gasteiger partial charge in [-0.2, -0.15) is 0 Å². The van der Waals surface area contributed by atoms with Crippen molar-refractivity contribution in [1.29, 1.82) is 0 Å². The van der Waals surface area contributed by atoms with E-state index in [9.17, 15) is 4.79 Å². The quantitative estimate of drug-likeness (QED) is 0.799. The van der Waals surface area contributed by atoms with Crippen LogP contribution in [0.4, 0.5) is 0 Å². The van der Waals surface area contributed by atoms with Crippen molar-refractivity contribution in [2.45, 2.75) is 12.5 Å². The molecule has 1 atom stereocenters. The van der Waals surface area contributed by atoms with Gasteiger partial charge in [0.05, 0.1) is 26.7 Å². The van der Waals surface area contributed by atoms with Crippen molar-refractivity contribution >= 4 is 5.91 Å². The number of carbonyl (C=O) groups excluding carboxylic acids is 1. The van der Waals surface area contributed by atoms with Gasteiger partial charge in [-0.25, -0.2) is 0 Å². The second-order valence-electron chi connectivity index (χ2n) is 5.05. The highest BCUT2D eigenvalue weighted by molar-refractivity contribution is 5.79. The van der Waals surface area contributed by atoms with Crippen LogP contribution in [0.3, 0.4) is 0 Å². The molecule has 1 aliphatic rings. The second-order valence-corrected chi connectivity index (χ2v) is 5.05. The van der Waals surface area contributed by atoms with Gasteiger partial charge >= 0.3 is 0 Å². The van der Waals surface area contributed by atoms with Crippen LogP contribution in [-0.2, 0) is 11.2 Å². The predicted molar refractivity (Wildman–Crippen MR) is 80.7 cm³/mol. The number of ether oxygens (including phenoxy) is 2. The molecule has 116 valence electrons. The Bertz CT molecular complexity index is 493. The molecule has 0 aromatic heterocycles. The average Bonchev–Trinajstić information content (AvgIpc) is 2.54. The third-order valence-electron chi connectivity index (χ3n) is 3.75. The number of nitrogens with two attached hydrogens (primary N) is 1. The summed E-state index contributed by atoms with van der Waals surface area (Å²) in [7, 11) is 3.18. The van der Waals surface area contributed by atoms with Gasteiger partial charge in [0.2, 0.25) is 5.91 Å². The number of benzene rings is 1. The minimum atomic E-state index is 0.0754. The van der Waals surface area contributed by atoms with Crippen LogP contribution in [0.5, 0.6) is 11.5 Å². The van der Waals surface area contributed by atoms with E-state index in [2.05, 4.69) is 5.32 Å². The van der Waals surface area contributed by atoms with Crippen molar-refractivity contribution < 1.29 is 14.3 Å². The molecule has 1 saturated heterocycles. The Morgan fingerprint density at radius 1 is 1.38 bits per heavy atom. The number of nitrogens with zero attached hydrogens (tertiary/aromatic N) is 1. The smallest absolute Gasteiger partial charge is 0.227 e. The van der Waals surface area contributed by atoms with E-state index in [4.69, 9.17) is 15.2 Å². The first-order valence-electron chi connectivity index (χ1n) is 7.10. The van der Waals surface area contributed by atoms with E-state index in [0.29, 0.717) is 31.0 Å². The third-order valence-corrected chi connectivity index (χ3v) is 3.75. The maximum Gasteiger partial charge on any atom is 0.227 e. The summed E-state index contributed by atoms with van der Waals surface area (Å²) < 4.78 is 10.5. The molecule has 0 bridgehead atoms. The lowest BCUT2D eigenvalue weighted by molar-refractivity contribution is -0.133. The molecule has 0 spiro atoms. The minimum absolute atomic E-state index is 0.0754. The van der Waals surface area contributed by atoms with E-state index in [-0.39, 0.29) is 11.9 Å². The Labute approximate surface area is 125 Å². The Hall–Kier alpha value is -1.79. The van der Waals surface area contributed by atoms with Crippen LogP contribution in [0.25, 0.3) is 0 Å². The Morgan fingerprint density at radius 3 is 2.81 bits per heavy atom. The zero-order valence-corrected chi connectivity index (χ0v) is 12.6. The molecule has 0 radical (unpaired) electrons. The average molecular weight is 293 g/mol. The van der Waals surface area contributed by atoms with Gasteiger partial charge in [-0.15, -0.1) is 0 Å². The van der Waals surface area contributed by atoms with Gasteiger partial charge < -0.3 is 25.4 Å². The van der Waals surface area contributed by atoms with Gasteiger partial charge in [0.1, 0.15) is 0 Å². The molecule has 1 heterocycles. The molecule has 1 aromatic rings. The van der Waals surface area contributed by atoms with Crippen LogP contribution in [0, 0.1) is 0 Å². The molecular weight excluding hydrogens is 270 g/mol. The van der Waals surface area contributed by atoms with Gasteiger partial charge in [-0.3, -0.25) is 4.79 Å². The van der Waals surface area contributed by atoms with E-state index in [0.717, 1.165) is 18.7 Å². The molecule has 3 N–H and O–H groups in total. The van der Waals surface area contributed by atoms with Crippen LogP contribution in [0.15, 0.2) is 18.2 Å². The number of hydrogen-bond donors (Lipinski definition) is 2. The van der Waals surface area contributed by atoms with Gasteiger partial charge in [-0.05, 0) is 17.7 Å². The molecule has 1 unspecified atom stereocenters.